The van der Waals surface area contributed by atoms with Crippen molar-refractivity contribution in [1.29, 1.82) is 0 Å². The highest BCUT2D eigenvalue weighted by Crippen LogP contribution is 2.25. The predicted octanol–water partition coefficient (Wildman–Crippen LogP) is 0.145. The molecule has 1 aliphatic heterocycles. The molecule has 114 valence electrons. The van der Waals surface area contributed by atoms with Crippen molar-refractivity contribution in [1.82, 2.24) is 10.0 Å². The zero-order valence-corrected chi connectivity index (χ0v) is 12.1. The molecule has 0 aromatic heterocycles. The fourth-order valence-electron chi connectivity index (χ4n) is 1.84. The topological polar surface area (TPSA) is 118 Å². The molecule has 1 aliphatic rings. The molecule has 21 heavy (non-hydrogen) atoms. The largest absolute Gasteiger partial charge is 0.396 e. The summed E-state index contributed by atoms with van der Waals surface area (Å²) in [6.07, 6.45) is -0.0271. The summed E-state index contributed by atoms with van der Waals surface area (Å²) in [5, 5.41) is 1.93. The second kappa shape index (κ2) is 5.58. The number of benzene rings is 1. The Labute approximate surface area is 124 Å². The van der Waals surface area contributed by atoms with E-state index in [1.807, 2.05) is 10.0 Å². The maximum atomic E-state index is 13.8. The van der Waals surface area contributed by atoms with Crippen LogP contribution in [0, 0.1) is 5.82 Å². The average Bonchev–Trinajstić information content (AvgIpc) is 2.37. The number of rotatable bonds is 3. The molecule has 0 saturated carbocycles. The first-order chi connectivity index (χ1) is 9.70. The van der Waals surface area contributed by atoms with Crippen molar-refractivity contribution in [2.75, 3.05) is 5.73 Å². The molecule has 2 rings (SSSR count). The van der Waals surface area contributed by atoms with Crippen LogP contribution in [-0.2, 0) is 19.6 Å². The Bertz CT molecular complexity index is 722. The summed E-state index contributed by atoms with van der Waals surface area (Å²) in [4.78, 5) is 21.8. The van der Waals surface area contributed by atoms with Gasteiger partial charge in [-0.2, -0.15) is 4.72 Å². The molecule has 1 heterocycles. The summed E-state index contributed by atoms with van der Waals surface area (Å²) in [5.74, 6) is -2.43. The van der Waals surface area contributed by atoms with Crippen LogP contribution in [0.3, 0.4) is 0 Å². The molecule has 7 nitrogen and oxygen atoms in total. The molecule has 1 aromatic carbocycles. The second-order valence-electron chi connectivity index (χ2n) is 4.43. The van der Waals surface area contributed by atoms with Gasteiger partial charge in [-0.15, -0.1) is 0 Å². The van der Waals surface area contributed by atoms with Crippen LogP contribution < -0.4 is 15.8 Å². The number of nitrogens with two attached hydrogens (primary N) is 1. The summed E-state index contributed by atoms with van der Waals surface area (Å²) >= 11 is 5.66. The molecule has 1 fully saturated rings. The van der Waals surface area contributed by atoms with E-state index >= 15 is 0 Å². The van der Waals surface area contributed by atoms with Gasteiger partial charge in [-0.1, -0.05) is 11.6 Å². The number of sulfonamides is 1. The average molecular weight is 336 g/mol. The third kappa shape index (κ3) is 3.31. The molecule has 1 aromatic rings. The van der Waals surface area contributed by atoms with Gasteiger partial charge in [-0.25, -0.2) is 12.8 Å². The lowest BCUT2D eigenvalue weighted by Crippen LogP contribution is -2.52. The number of amides is 2. The number of imide groups is 1. The predicted molar refractivity (Wildman–Crippen MR) is 72.3 cm³/mol. The quantitative estimate of drug-likeness (QED) is 0.536. The number of carbonyl (C=O) groups is 2. The van der Waals surface area contributed by atoms with Gasteiger partial charge in [0.05, 0.1) is 5.69 Å². The highest BCUT2D eigenvalue weighted by molar-refractivity contribution is 7.89. The number of anilines is 1. The number of nitrogens with one attached hydrogen (secondary N) is 2. The lowest BCUT2D eigenvalue weighted by molar-refractivity contribution is -0.134. The van der Waals surface area contributed by atoms with Crippen molar-refractivity contribution in [2.45, 2.75) is 23.8 Å². The van der Waals surface area contributed by atoms with Crippen molar-refractivity contribution < 1.29 is 22.4 Å². The molecule has 0 bridgehead atoms. The van der Waals surface area contributed by atoms with E-state index < -0.39 is 44.3 Å². The first kappa shape index (κ1) is 15.7. The molecule has 1 atom stereocenters. The molecular formula is C11H11ClFN3O4S. The minimum atomic E-state index is -4.35. The second-order valence-corrected chi connectivity index (χ2v) is 6.55. The van der Waals surface area contributed by atoms with E-state index in [-0.39, 0.29) is 17.9 Å². The van der Waals surface area contributed by atoms with Crippen LogP contribution in [0.4, 0.5) is 10.1 Å². The molecule has 0 spiro atoms. The zero-order valence-electron chi connectivity index (χ0n) is 10.5. The molecule has 1 unspecified atom stereocenters. The van der Waals surface area contributed by atoms with Gasteiger partial charge in [-0.3, -0.25) is 14.9 Å². The smallest absolute Gasteiger partial charge is 0.244 e. The maximum absolute atomic E-state index is 13.8. The Kier molecular flexibility index (Phi) is 4.17. The van der Waals surface area contributed by atoms with Gasteiger partial charge in [0.25, 0.3) is 0 Å². The zero-order chi connectivity index (χ0) is 15.8. The van der Waals surface area contributed by atoms with Gasteiger partial charge in [0.15, 0.2) is 5.82 Å². The van der Waals surface area contributed by atoms with Gasteiger partial charge < -0.3 is 5.73 Å². The fraction of sp³-hybridized carbons (Fsp3) is 0.273. The maximum Gasteiger partial charge on any atom is 0.244 e. The normalized spacial score (nSPS) is 19.4. The highest BCUT2D eigenvalue weighted by Gasteiger charge is 2.32. The molecule has 0 radical (unpaired) electrons. The van der Waals surface area contributed by atoms with E-state index in [0.29, 0.717) is 0 Å². The number of hydrogen-bond acceptors (Lipinski definition) is 5. The van der Waals surface area contributed by atoms with Crippen LogP contribution in [0.15, 0.2) is 17.0 Å². The van der Waals surface area contributed by atoms with Crippen LogP contribution in [0.1, 0.15) is 12.8 Å². The lowest BCUT2D eigenvalue weighted by Gasteiger charge is -2.22. The van der Waals surface area contributed by atoms with Crippen molar-refractivity contribution in [3.05, 3.63) is 23.0 Å². The third-order valence-electron chi connectivity index (χ3n) is 2.86. The summed E-state index contributed by atoms with van der Waals surface area (Å²) in [6, 6.07) is 0.802. The van der Waals surface area contributed by atoms with Crippen LogP contribution in [-0.4, -0.2) is 26.3 Å². The van der Waals surface area contributed by atoms with Crippen LogP contribution >= 0.6 is 11.6 Å². The van der Waals surface area contributed by atoms with Gasteiger partial charge >= 0.3 is 0 Å². The number of piperidine rings is 1. The minimum Gasteiger partial charge on any atom is -0.396 e. The Morgan fingerprint density at radius 1 is 1.38 bits per heavy atom. The SMILES string of the molecule is Nc1cc(Cl)cc(S(=O)(=O)NC2CCC(=O)NC2=O)c1F. The van der Waals surface area contributed by atoms with Gasteiger partial charge in [0.1, 0.15) is 10.9 Å². The Morgan fingerprint density at radius 2 is 2.05 bits per heavy atom. The van der Waals surface area contributed by atoms with E-state index in [1.165, 1.54) is 0 Å². The van der Waals surface area contributed by atoms with E-state index in [2.05, 4.69) is 0 Å². The summed E-state index contributed by atoms with van der Waals surface area (Å²) < 4.78 is 40.1. The number of carbonyl (C=O) groups excluding carboxylic acids is 2. The number of halogens is 2. The number of nitrogen functional groups attached to an aromatic ring is 1. The van der Waals surface area contributed by atoms with E-state index in [0.717, 1.165) is 12.1 Å². The third-order valence-corrected chi connectivity index (χ3v) is 4.55. The fourth-order valence-corrected chi connectivity index (χ4v) is 3.49. The van der Waals surface area contributed by atoms with Crippen molar-refractivity contribution in [3.8, 4) is 0 Å². The summed E-state index contributed by atoms with van der Waals surface area (Å²) in [6.45, 7) is 0. The molecule has 1 saturated heterocycles. The first-order valence-electron chi connectivity index (χ1n) is 5.81. The monoisotopic (exact) mass is 335 g/mol. The molecule has 0 aliphatic carbocycles. The summed E-state index contributed by atoms with van der Waals surface area (Å²) in [7, 11) is -4.35. The van der Waals surface area contributed by atoms with Crippen molar-refractivity contribution in [3.63, 3.8) is 0 Å². The minimum absolute atomic E-state index is 0.0123. The summed E-state index contributed by atoms with van der Waals surface area (Å²) in [5.41, 5.74) is 4.90. The van der Waals surface area contributed by atoms with Gasteiger partial charge in [0.2, 0.25) is 21.8 Å². The molecule has 2 amide bonds. The Morgan fingerprint density at radius 3 is 2.67 bits per heavy atom. The van der Waals surface area contributed by atoms with E-state index in [1.54, 1.807) is 0 Å². The Hall–Kier alpha value is -1.71. The molecular weight excluding hydrogens is 325 g/mol. The lowest BCUT2D eigenvalue weighted by atomic mass is 10.1. The Balaban J connectivity index is 2.31. The van der Waals surface area contributed by atoms with Gasteiger partial charge in [-0.05, 0) is 18.6 Å². The van der Waals surface area contributed by atoms with Crippen LogP contribution in [0.2, 0.25) is 5.02 Å². The highest BCUT2D eigenvalue weighted by atomic mass is 35.5. The standard InChI is InChI=1S/C11H11ClFN3O4S/c12-5-3-6(14)10(13)8(4-5)21(19,20)16-7-1-2-9(17)15-11(7)18/h3-4,7,16H,1-2,14H2,(H,15,17,18). The van der Waals surface area contributed by atoms with Crippen molar-refractivity contribution >= 4 is 39.1 Å². The van der Waals surface area contributed by atoms with Crippen LogP contribution in [0.5, 0.6) is 0 Å². The number of hydrogen-bond donors (Lipinski definition) is 3. The molecule has 10 heteroatoms. The van der Waals surface area contributed by atoms with E-state index in [4.69, 9.17) is 17.3 Å². The van der Waals surface area contributed by atoms with Crippen molar-refractivity contribution in [2.24, 2.45) is 0 Å². The van der Waals surface area contributed by atoms with Crippen LogP contribution in [0.25, 0.3) is 0 Å². The van der Waals surface area contributed by atoms with E-state index in [9.17, 15) is 22.4 Å². The van der Waals surface area contributed by atoms with Gasteiger partial charge in [0, 0.05) is 11.4 Å². The molecule has 4 N–H and O–H groups in total. The first-order valence-corrected chi connectivity index (χ1v) is 7.67.